The van der Waals surface area contributed by atoms with Crippen molar-refractivity contribution in [3.05, 3.63) is 140 Å². The Morgan fingerprint density at radius 3 is 0.918 bits per heavy atom. The van der Waals surface area contributed by atoms with Crippen molar-refractivity contribution in [2.45, 2.75) is 237 Å². The van der Waals surface area contributed by atoms with E-state index >= 15 is 0 Å². The summed E-state index contributed by atoms with van der Waals surface area (Å²) in [5.41, 5.74) is 19.5. The van der Waals surface area contributed by atoms with Gasteiger partial charge in [-0.05, 0) is 0 Å². The van der Waals surface area contributed by atoms with E-state index in [4.69, 9.17) is 9.73 Å². The third-order valence-electron chi connectivity index (χ3n) is 15.3. The van der Waals surface area contributed by atoms with Gasteiger partial charge in [0.15, 0.2) is 0 Å². The molecule has 0 aliphatic rings. The van der Waals surface area contributed by atoms with E-state index in [1.54, 1.807) is 65.5 Å². The van der Waals surface area contributed by atoms with Crippen molar-refractivity contribution in [3.63, 3.8) is 0 Å². The molecule has 0 aliphatic carbocycles. The first-order valence-corrected chi connectivity index (χ1v) is 41.4. The first-order valence-electron chi connectivity index (χ1n) is 28.6. The maximum absolute atomic E-state index is 6.60. The molecule has 0 atom stereocenters. The fourth-order valence-electron chi connectivity index (χ4n) is 10.6. The van der Waals surface area contributed by atoms with E-state index in [0.29, 0.717) is 71.0 Å². The van der Waals surface area contributed by atoms with Crippen LogP contribution in [0.5, 0.6) is 5.75 Å². The second-order valence-electron chi connectivity index (χ2n) is 25.2. The van der Waals surface area contributed by atoms with Crippen molar-refractivity contribution in [3.8, 4) is 5.75 Å². The minimum absolute atomic E-state index is 0.340. The van der Waals surface area contributed by atoms with E-state index < -0.39 is 39.1 Å². The molecule has 5 aromatic rings. The van der Waals surface area contributed by atoms with Gasteiger partial charge in [-0.3, -0.25) is 0 Å². The Hall–Kier alpha value is -2.80. The summed E-state index contributed by atoms with van der Waals surface area (Å²) in [5, 5.41) is 0. The molecular weight excluding hydrogens is 1060 g/mol. The van der Waals surface area contributed by atoms with Crippen molar-refractivity contribution < 1.29 is 4.74 Å². The van der Waals surface area contributed by atoms with E-state index in [1.165, 1.54) is 22.3 Å². The molecule has 5 rings (SSSR count). The number of rotatable bonds is 20. The molecule has 0 spiro atoms. The molecule has 0 saturated carbocycles. The third-order valence-corrected chi connectivity index (χ3v) is 48.7. The number of nitrogens with zero attached hydrogens (tertiary/aromatic N) is 1. The normalized spacial score (nSPS) is 13.1. The Bertz CT molecular complexity index is 2560. The van der Waals surface area contributed by atoms with E-state index in [0.717, 1.165) is 11.4 Å². The Kier molecular flexibility index (Phi) is 21.8. The van der Waals surface area contributed by atoms with Crippen LogP contribution in [0.2, 0.25) is 0 Å². The first-order chi connectivity index (χ1) is 34.1. The molecule has 0 N–H and O–H groups in total. The predicted molar refractivity (Wildman–Crippen MR) is 331 cm³/mol. The molecule has 394 valence electrons. The van der Waals surface area contributed by atoms with Crippen molar-refractivity contribution >= 4 is 65.8 Å². The molecule has 0 amide bonds. The van der Waals surface area contributed by atoms with E-state index in [2.05, 4.69) is 239 Å². The van der Waals surface area contributed by atoms with Crippen LogP contribution in [0.15, 0.2) is 77.8 Å². The Labute approximate surface area is 461 Å². The Morgan fingerprint density at radius 1 is 0.370 bits per heavy atom. The Balaban J connectivity index is 2.39. The zero-order valence-corrected chi connectivity index (χ0v) is 57.0. The summed E-state index contributed by atoms with van der Waals surface area (Å²) in [5.74, 6) is 5.50. The van der Waals surface area contributed by atoms with Crippen LogP contribution in [-0.2, 0) is 0 Å². The van der Waals surface area contributed by atoms with Gasteiger partial charge in [0, 0.05) is 0 Å². The second kappa shape index (κ2) is 26.0. The van der Waals surface area contributed by atoms with Crippen molar-refractivity contribution in [2.75, 3.05) is 7.11 Å². The van der Waals surface area contributed by atoms with Gasteiger partial charge in [-0.25, -0.2) is 0 Å². The molecule has 5 aromatic carbocycles. The molecule has 0 bridgehead atoms. The zero-order valence-electron chi connectivity index (χ0n) is 50.7. The molecule has 0 aliphatic heterocycles. The van der Waals surface area contributed by atoms with Gasteiger partial charge in [0.2, 0.25) is 0 Å². The van der Waals surface area contributed by atoms with Crippen LogP contribution in [0.3, 0.4) is 0 Å². The number of para-hydroxylation sites is 2. The number of methoxy groups -OCH3 is 1. The molecule has 0 heterocycles. The van der Waals surface area contributed by atoms with Gasteiger partial charge < -0.3 is 0 Å². The summed E-state index contributed by atoms with van der Waals surface area (Å²) in [6, 6.07) is 30.1. The molecular formula is C68H99Ge3NO. The molecule has 0 fully saturated rings. The van der Waals surface area contributed by atoms with Crippen LogP contribution in [0.25, 0.3) is 0 Å². The summed E-state index contributed by atoms with van der Waals surface area (Å²) in [6.07, 6.45) is 0. The van der Waals surface area contributed by atoms with Crippen molar-refractivity contribution in [1.29, 1.82) is 0 Å². The van der Waals surface area contributed by atoms with Gasteiger partial charge in [-0.15, -0.1) is 0 Å². The van der Waals surface area contributed by atoms with Crippen LogP contribution < -0.4 is 22.3 Å². The van der Waals surface area contributed by atoms with Crippen molar-refractivity contribution in [1.82, 2.24) is 0 Å². The van der Waals surface area contributed by atoms with Crippen LogP contribution in [0.1, 0.15) is 304 Å². The zero-order chi connectivity index (χ0) is 54.7. The fraction of sp³-hybridized carbons (Fsp3) is 0.544. The molecule has 2 nitrogen and oxygen atoms in total. The molecule has 0 unspecified atom stereocenters. The molecule has 5 heteroatoms. The summed E-state index contributed by atoms with van der Waals surface area (Å²) in [4.78, 5) is 6.60. The van der Waals surface area contributed by atoms with E-state index in [9.17, 15) is 0 Å². The number of benzene rings is 5. The van der Waals surface area contributed by atoms with Crippen LogP contribution in [0, 0.1) is 0 Å². The van der Waals surface area contributed by atoms with Gasteiger partial charge in [-0.2, -0.15) is 0 Å². The van der Waals surface area contributed by atoms with Gasteiger partial charge in [0.25, 0.3) is 0 Å². The SMILES string of the molecule is COc1ccccc1N=[C]([Ge]([c]1c(C(C)C)cc(C(C)C)cc1C(C)C)[c]1c(C(C)C)cc(C(C)C)cc1C(C)C)[Ge](=[Ge][c]1c(C(C)C)cc(C(C)C)cc1C(C)C)[c]1c(C(C)C)cc(C(C)C)cc1C(C)C. The monoisotopic (exact) mass is 1170 g/mol. The maximum atomic E-state index is 6.60. The van der Waals surface area contributed by atoms with Gasteiger partial charge in [0.05, 0.1) is 0 Å². The standard InChI is InChI=1S/C68H99Ge3NO/c1-38(2)50-30-54(42(9)10)64(55(31-50)43(11)12)69-71(67-60(48(21)22)36-53(41(7)8)37-61(67)49(23)24)68(72-62-28-26-27-29-63(62)73-25)70(65-56(44(13)14)32-51(39(3)4)33-57(65)45(15)16)66-58(46(17)18)34-52(40(5)6)35-59(66)47(19)20/h26-49H,1-25H3. The van der Waals surface area contributed by atoms with Gasteiger partial charge in [-0.1, -0.05) is 0 Å². The van der Waals surface area contributed by atoms with E-state index in [-0.39, 0.29) is 0 Å². The number of ether oxygens (including phenoxy) is 1. The Morgan fingerprint density at radius 2 is 0.644 bits per heavy atom. The molecule has 0 saturated heterocycles. The van der Waals surface area contributed by atoms with Crippen molar-refractivity contribution in [2.24, 2.45) is 4.99 Å². The predicted octanol–water partition coefficient (Wildman–Crippen LogP) is 17.6. The van der Waals surface area contributed by atoms with Crippen LogP contribution >= 0.6 is 0 Å². The minimum atomic E-state index is -3.06. The van der Waals surface area contributed by atoms with Gasteiger partial charge >= 0.3 is 465 Å². The summed E-state index contributed by atoms with van der Waals surface area (Å²) < 4.78 is 14.8. The quantitative estimate of drug-likeness (QED) is 0.0562. The van der Waals surface area contributed by atoms with Crippen LogP contribution in [-0.4, -0.2) is 49.6 Å². The molecule has 0 aromatic heterocycles. The number of hydrogen-bond acceptors (Lipinski definition) is 2. The summed E-state index contributed by atoms with van der Waals surface area (Å²) >= 11 is -6.75. The fourth-order valence-corrected chi connectivity index (χ4v) is 55.2. The number of aliphatic imine (C=N–C) groups is 1. The first kappa shape index (κ1) is 61.1. The summed E-state index contributed by atoms with van der Waals surface area (Å²) in [7, 11) is 1.85. The third kappa shape index (κ3) is 13.9. The topological polar surface area (TPSA) is 21.6 Å². The molecule has 2 radical (unpaired) electrons. The molecule has 73 heavy (non-hydrogen) atoms. The second-order valence-corrected chi connectivity index (χ2v) is 45.4. The summed E-state index contributed by atoms with van der Waals surface area (Å²) in [6.45, 7) is 58.9. The van der Waals surface area contributed by atoms with Crippen LogP contribution in [0.4, 0.5) is 5.69 Å². The van der Waals surface area contributed by atoms with E-state index in [1.807, 2.05) is 7.11 Å². The number of hydrogen-bond donors (Lipinski definition) is 0. The average Bonchev–Trinajstić information content (AvgIpc) is 3.31. The average molecular weight is 1160 g/mol. The van der Waals surface area contributed by atoms with Gasteiger partial charge in [0.1, 0.15) is 0 Å².